The van der Waals surface area contributed by atoms with E-state index in [1.165, 1.54) is 5.56 Å². The van der Waals surface area contributed by atoms with Gasteiger partial charge >= 0.3 is 0 Å². The third kappa shape index (κ3) is 3.28. The van der Waals surface area contributed by atoms with E-state index < -0.39 is 0 Å². The first-order valence-corrected chi connectivity index (χ1v) is 9.21. The van der Waals surface area contributed by atoms with Gasteiger partial charge in [-0.3, -0.25) is 9.59 Å². The number of amides is 2. The highest BCUT2D eigenvalue weighted by Gasteiger charge is 2.35. The second kappa shape index (κ2) is 6.54. The monoisotopic (exact) mass is 340 g/mol. The standard InChI is InChI=1S/C20H24N2O3/c1-2-14-3-6-17-16(13-25-18(17)11-14)12-19(23)21-7-9-22(10-8-21)20(24)15-4-5-15/h3,6,11,13,15H,2,4-5,7-10,12H2,1H3. The number of benzene rings is 1. The highest BCUT2D eigenvalue weighted by atomic mass is 16.3. The zero-order valence-electron chi connectivity index (χ0n) is 14.7. The fourth-order valence-electron chi connectivity index (χ4n) is 3.52. The molecule has 5 heteroatoms. The Hall–Kier alpha value is -2.30. The van der Waals surface area contributed by atoms with Crippen LogP contribution < -0.4 is 0 Å². The molecule has 1 aromatic carbocycles. The van der Waals surface area contributed by atoms with Gasteiger partial charge in [0.25, 0.3) is 0 Å². The van der Waals surface area contributed by atoms with Crippen LogP contribution in [0, 0.1) is 5.92 Å². The van der Waals surface area contributed by atoms with Gasteiger partial charge < -0.3 is 14.2 Å². The number of rotatable bonds is 4. The zero-order chi connectivity index (χ0) is 17.4. The summed E-state index contributed by atoms with van der Waals surface area (Å²) in [5.41, 5.74) is 3.03. The lowest BCUT2D eigenvalue weighted by atomic mass is 10.1. The Morgan fingerprint density at radius 2 is 1.84 bits per heavy atom. The molecule has 0 radical (unpaired) electrons. The maximum atomic E-state index is 12.6. The Morgan fingerprint density at radius 3 is 2.52 bits per heavy atom. The van der Waals surface area contributed by atoms with Gasteiger partial charge in [-0.25, -0.2) is 0 Å². The average Bonchev–Trinajstić information content (AvgIpc) is 3.43. The van der Waals surface area contributed by atoms with E-state index in [1.54, 1.807) is 6.26 Å². The van der Waals surface area contributed by atoms with Crippen LogP contribution in [0.4, 0.5) is 0 Å². The number of fused-ring (bicyclic) bond motifs is 1. The first kappa shape index (κ1) is 16.2. The van der Waals surface area contributed by atoms with Crippen LogP contribution in [0.5, 0.6) is 0 Å². The second-order valence-corrected chi connectivity index (χ2v) is 7.10. The van der Waals surface area contributed by atoms with Crippen molar-refractivity contribution in [2.75, 3.05) is 26.2 Å². The van der Waals surface area contributed by atoms with Gasteiger partial charge in [0.15, 0.2) is 0 Å². The minimum Gasteiger partial charge on any atom is -0.464 e. The molecule has 0 spiro atoms. The minimum atomic E-state index is 0.112. The first-order valence-electron chi connectivity index (χ1n) is 9.21. The molecular weight excluding hydrogens is 316 g/mol. The Labute approximate surface area is 147 Å². The van der Waals surface area contributed by atoms with Crippen molar-refractivity contribution in [1.29, 1.82) is 0 Å². The molecule has 25 heavy (non-hydrogen) atoms. The Kier molecular flexibility index (Phi) is 4.24. The van der Waals surface area contributed by atoms with Crippen molar-refractivity contribution >= 4 is 22.8 Å². The molecule has 2 amide bonds. The fourth-order valence-corrected chi connectivity index (χ4v) is 3.52. The van der Waals surface area contributed by atoms with E-state index in [9.17, 15) is 9.59 Å². The van der Waals surface area contributed by atoms with E-state index in [4.69, 9.17) is 4.42 Å². The van der Waals surface area contributed by atoms with E-state index in [1.807, 2.05) is 21.9 Å². The first-order chi connectivity index (χ1) is 12.2. The quantitative estimate of drug-likeness (QED) is 0.860. The van der Waals surface area contributed by atoms with Crippen LogP contribution in [0.25, 0.3) is 11.0 Å². The average molecular weight is 340 g/mol. The number of carbonyl (C=O) groups is 2. The van der Waals surface area contributed by atoms with Crippen molar-refractivity contribution < 1.29 is 14.0 Å². The maximum absolute atomic E-state index is 12.6. The minimum absolute atomic E-state index is 0.112. The molecule has 2 aliphatic rings. The van der Waals surface area contributed by atoms with E-state index in [-0.39, 0.29) is 17.7 Å². The molecule has 1 saturated heterocycles. The highest BCUT2D eigenvalue weighted by molar-refractivity contribution is 5.88. The molecule has 132 valence electrons. The number of nitrogens with zero attached hydrogens (tertiary/aromatic N) is 2. The maximum Gasteiger partial charge on any atom is 0.227 e. The van der Waals surface area contributed by atoms with Crippen LogP contribution in [0.3, 0.4) is 0 Å². The number of hydrogen-bond acceptors (Lipinski definition) is 3. The molecule has 1 saturated carbocycles. The number of furan rings is 1. The lowest BCUT2D eigenvalue weighted by molar-refractivity contribution is -0.139. The van der Waals surface area contributed by atoms with Gasteiger partial charge in [0.1, 0.15) is 5.58 Å². The second-order valence-electron chi connectivity index (χ2n) is 7.10. The summed E-state index contributed by atoms with van der Waals surface area (Å²) in [7, 11) is 0. The van der Waals surface area contributed by atoms with E-state index in [0.29, 0.717) is 32.6 Å². The Balaban J connectivity index is 1.38. The van der Waals surface area contributed by atoms with Crippen LogP contribution >= 0.6 is 0 Å². The fraction of sp³-hybridized carbons (Fsp3) is 0.500. The Bertz CT molecular complexity index is 798. The van der Waals surface area contributed by atoms with Crippen molar-refractivity contribution in [2.24, 2.45) is 5.92 Å². The summed E-state index contributed by atoms with van der Waals surface area (Å²) in [4.78, 5) is 28.5. The number of aryl methyl sites for hydroxylation is 1. The molecule has 0 bridgehead atoms. The molecule has 1 aliphatic carbocycles. The molecule has 1 aliphatic heterocycles. The molecular formula is C20H24N2O3. The predicted molar refractivity (Wildman–Crippen MR) is 95.2 cm³/mol. The molecule has 0 atom stereocenters. The third-order valence-corrected chi connectivity index (χ3v) is 5.34. The smallest absolute Gasteiger partial charge is 0.227 e. The van der Waals surface area contributed by atoms with Crippen molar-refractivity contribution in [2.45, 2.75) is 32.6 Å². The van der Waals surface area contributed by atoms with Gasteiger partial charge in [-0.15, -0.1) is 0 Å². The van der Waals surface area contributed by atoms with Crippen molar-refractivity contribution in [3.8, 4) is 0 Å². The molecule has 0 N–H and O–H groups in total. The summed E-state index contributed by atoms with van der Waals surface area (Å²) in [6, 6.07) is 6.19. The highest BCUT2D eigenvalue weighted by Crippen LogP contribution is 2.31. The van der Waals surface area contributed by atoms with Crippen molar-refractivity contribution in [3.63, 3.8) is 0 Å². The molecule has 5 nitrogen and oxygen atoms in total. The van der Waals surface area contributed by atoms with Crippen LogP contribution in [0.2, 0.25) is 0 Å². The van der Waals surface area contributed by atoms with Gasteiger partial charge in [0.2, 0.25) is 11.8 Å². The molecule has 2 aromatic rings. The summed E-state index contributed by atoms with van der Waals surface area (Å²) in [6.07, 6.45) is 5.09. The lowest BCUT2D eigenvalue weighted by Gasteiger charge is -2.35. The van der Waals surface area contributed by atoms with Crippen molar-refractivity contribution in [1.82, 2.24) is 9.80 Å². The normalized spacial score (nSPS) is 18.0. The summed E-state index contributed by atoms with van der Waals surface area (Å²) >= 11 is 0. The predicted octanol–water partition coefficient (Wildman–Crippen LogP) is 2.62. The Morgan fingerprint density at radius 1 is 1.12 bits per heavy atom. The summed E-state index contributed by atoms with van der Waals surface area (Å²) in [5, 5.41) is 1.02. The topological polar surface area (TPSA) is 53.8 Å². The number of hydrogen-bond donors (Lipinski definition) is 0. The van der Waals surface area contributed by atoms with Gasteiger partial charge in [-0.2, -0.15) is 0 Å². The SMILES string of the molecule is CCc1ccc2c(CC(=O)N3CCN(C(=O)C4CC4)CC3)coc2c1. The zero-order valence-corrected chi connectivity index (χ0v) is 14.7. The van der Waals surface area contributed by atoms with Gasteiger partial charge in [0.05, 0.1) is 12.7 Å². The number of piperazine rings is 1. The van der Waals surface area contributed by atoms with Crippen LogP contribution in [0.15, 0.2) is 28.9 Å². The van der Waals surface area contributed by atoms with E-state index in [2.05, 4.69) is 13.0 Å². The molecule has 0 unspecified atom stereocenters. The molecule has 4 rings (SSSR count). The van der Waals surface area contributed by atoms with Crippen LogP contribution in [0.1, 0.15) is 30.9 Å². The lowest BCUT2D eigenvalue weighted by Crippen LogP contribution is -2.51. The van der Waals surface area contributed by atoms with Crippen LogP contribution in [-0.4, -0.2) is 47.8 Å². The summed E-state index contributed by atoms with van der Waals surface area (Å²) in [6.45, 7) is 4.70. The van der Waals surface area contributed by atoms with Gasteiger partial charge in [-0.1, -0.05) is 19.1 Å². The number of carbonyl (C=O) groups excluding carboxylic acids is 2. The van der Waals surface area contributed by atoms with Gasteiger partial charge in [-0.05, 0) is 30.9 Å². The van der Waals surface area contributed by atoms with Gasteiger partial charge in [0, 0.05) is 43.0 Å². The molecule has 2 fully saturated rings. The summed E-state index contributed by atoms with van der Waals surface area (Å²) < 4.78 is 5.64. The largest absolute Gasteiger partial charge is 0.464 e. The van der Waals surface area contributed by atoms with E-state index >= 15 is 0 Å². The van der Waals surface area contributed by atoms with E-state index in [0.717, 1.165) is 35.8 Å². The van der Waals surface area contributed by atoms with Crippen molar-refractivity contribution in [3.05, 3.63) is 35.6 Å². The summed E-state index contributed by atoms with van der Waals surface area (Å²) in [5.74, 6) is 0.646. The third-order valence-electron chi connectivity index (χ3n) is 5.34. The van der Waals surface area contributed by atoms with Crippen LogP contribution in [-0.2, 0) is 22.4 Å². The molecule has 1 aromatic heterocycles. The molecule has 2 heterocycles.